The molecule has 0 spiro atoms. The molecule has 1 N–H and O–H groups in total. The SMILES string of the molecule is C[C@@H](OCCCOCCNC(C)(C)C)C(C)(C)C. The molecule has 0 aliphatic heterocycles. The summed E-state index contributed by atoms with van der Waals surface area (Å²) in [5, 5.41) is 3.39. The third kappa shape index (κ3) is 11.0. The van der Waals surface area contributed by atoms with Crippen molar-refractivity contribution in [2.24, 2.45) is 5.41 Å². The third-order valence-electron chi connectivity index (χ3n) is 2.92. The van der Waals surface area contributed by atoms with E-state index in [4.69, 9.17) is 9.47 Å². The summed E-state index contributed by atoms with van der Waals surface area (Å²) in [6.07, 6.45) is 1.26. The molecule has 0 aromatic heterocycles. The van der Waals surface area contributed by atoms with Crippen molar-refractivity contribution in [3.63, 3.8) is 0 Å². The maximum absolute atomic E-state index is 5.77. The monoisotopic (exact) mass is 259 g/mol. The minimum atomic E-state index is 0.175. The van der Waals surface area contributed by atoms with E-state index in [1.165, 1.54) is 0 Å². The molecule has 0 radical (unpaired) electrons. The van der Waals surface area contributed by atoms with Crippen molar-refractivity contribution < 1.29 is 9.47 Å². The summed E-state index contributed by atoms with van der Waals surface area (Å²) in [4.78, 5) is 0. The first-order chi connectivity index (χ1) is 8.13. The minimum absolute atomic E-state index is 0.175. The van der Waals surface area contributed by atoms with Crippen LogP contribution in [-0.4, -0.2) is 38.0 Å². The lowest BCUT2D eigenvalue weighted by Crippen LogP contribution is -2.38. The van der Waals surface area contributed by atoms with Gasteiger partial charge in [-0.3, -0.25) is 0 Å². The summed E-state index contributed by atoms with van der Waals surface area (Å²) in [6.45, 7) is 18.5. The highest BCUT2D eigenvalue weighted by Crippen LogP contribution is 2.21. The highest BCUT2D eigenvalue weighted by Gasteiger charge is 2.19. The number of rotatable bonds is 8. The Balaban J connectivity index is 3.32. The van der Waals surface area contributed by atoms with E-state index >= 15 is 0 Å². The van der Waals surface area contributed by atoms with Gasteiger partial charge >= 0.3 is 0 Å². The van der Waals surface area contributed by atoms with Gasteiger partial charge in [0, 0.05) is 25.3 Å². The Kier molecular flexibility index (Phi) is 8.08. The van der Waals surface area contributed by atoms with E-state index in [0.29, 0.717) is 6.10 Å². The first-order valence-corrected chi connectivity index (χ1v) is 7.07. The molecule has 0 saturated heterocycles. The van der Waals surface area contributed by atoms with Gasteiger partial charge in [0.1, 0.15) is 0 Å². The molecule has 0 aliphatic carbocycles. The van der Waals surface area contributed by atoms with Crippen LogP contribution in [0.5, 0.6) is 0 Å². The summed E-state index contributed by atoms with van der Waals surface area (Å²) < 4.78 is 11.3. The van der Waals surface area contributed by atoms with E-state index in [9.17, 15) is 0 Å². The second kappa shape index (κ2) is 8.13. The van der Waals surface area contributed by atoms with Crippen LogP contribution in [0.4, 0.5) is 0 Å². The second-order valence-electron chi connectivity index (χ2n) is 7.02. The molecule has 1 atom stereocenters. The van der Waals surface area contributed by atoms with Crippen molar-refractivity contribution in [3.05, 3.63) is 0 Å². The molecular weight excluding hydrogens is 226 g/mol. The standard InChI is InChI=1S/C15H33NO2/c1-13(14(2,3)4)18-11-8-10-17-12-9-16-15(5,6)7/h13,16H,8-12H2,1-7H3/t13-/m1/s1. The zero-order valence-corrected chi connectivity index (χ0v) is 13.4. The van der Waals surface area contributed by atoms with E-state index in [1.54, 1.807) is 0 Å². The molecule has 0 fully saturated rings. The van der Waals surface area contributed by atoms with Gasteiger partial charge in [-0.15, -0.1) is 0 Å². The summed E-state index contributed by atoms with van der Waals surface area (Å²) >= 11 is 0. The number of hydrogen-bond donors (Lipinski definition) is 1. The van der Waals surface area contributed by atoms with E-state index in [0.717, 1.165) is 32.8 Å². The fraction of sp³-hybridized carbons (Fsp3) is 1.00. The van der Waals surface area contributed by atoms with Crippen LogP contribution in [0.25, 0.3) is 0 Å². The van der Waals surface area contributed by atoms with E-state index < -0.39 is 0 Å². The van der Waals surface area contributed by atoms with Gasteiger partial charge in [-0.2, -0.15) is 0 Å². The van der Waals surface area contributed by atoms with Gasteiger partial charge < -0.3 is 14.8 Å². The van der Waals surface area contributed by atoms with Gasteiger partial charge in [0.15, 0.2) is 0 Å². The summed E-state index contributed by atoms with van der Waals surface area (Å²) in [5.41, 5.74) is 0.395. The Bertz CT molecular complexity index is 204. The average Bonchev–Trinajstić information content (AvgIpc) is 2.18. The van der Waals surface area contributed by atoms with Crippen LogP contribution in [0, 0.1) is 5.41 Å². The van der Waals surface area contributed by atoms with Gasteiger partial charge in [-0.05, 0) is 39.5 Å². The van der Waals surface area contributed by atoms with Crippen molar-refractivity contribution in [1.29, 1.82) is 0 Å². The molecule has 0 aromatic carbocycles. The number of ether oxygens (including phenoxy) is 2. The molecule has 0 heterocycles. The van der Waals surface area contributed by atoms with Gasteiger partial charge in [0.2, 0.25) is 0 Å². The highest BCUT2D eigenvalue weighted by atomic mass is 16.5. The fourth-order valence-corrected chi connectivity index (χ4v) is 1.27. The Morgan fingerprint density at radius 2 is 1.56 bits per heavy atom. The van der Waals surface area contributed by atoms with Crippen LogP contribution in [0.2, 0.25) is 0 Å². The lowest BCUT2D eigenvalue weighted by Gasteiger charge is -2.27. The predicted octanol–water partition coefficient (Wildman–Crippen LogP) is 3.23. The largest absolute Gasteiger partial charge is 0.380 e. The lowest BCUT2D eigenvalue weighted by atomic mass is 9.90. The van der Waals surface area contributed by atoms with Crippen molar-refractivity contribution in [2.75, 3.05) is 26.4 Å². The Morgan fingerprint density at radius 1 is 0.944 bits per heavy atom. The third-order valence-corrected chi connectivity index (χ3v) is 2.92. The minimum Gasteiger partial charge on any atom is -0.380 e. The molecule has 0 aliphatic rings. The zero-order chi connectivity index (χ0) is 14.2. The molecule has 0 bridgehead atoms. The molecular formula is C15H33NO2. The van der Waals surface area contributed by atoms with Crippen molar-refractivity contribution >= 4 is 0 Å². The summed E-state index contributed by atoms with van der Waals surface area (Å²) in [6, 6.07) is 0. The lowest BCUT2D eigenvalue weighted by molar-refractivity contribution is -0.0144. The Hall–Kier alpha value is -0.120. The molecule has 0 amide bonds. The Labute approximate surface area is 114 Å². The molecule has 3 heteroatoms. The van der Waals surface area contributed by atoms with E-state index in [2.05, 4.69) is 53.8 Å². The van der Waals surface area contributed by atoms with Crippen LogP contribution >= 0.6 is 0 Å². The first-order valence-electron chi connectivity index (χ1n) is 7.07. The topological polar surface area (TPSA) is 30.5 Å². The quantitative estimate of drug-likeness (QED) is 0.679. The van der Waals surface area contributed by atoms with Gasteiger partial charge in [0.25, 0.3) is 0 Å². The van der Waals surface area contributed by atoms with Gasteiger partial charge in [-0.1, -0.05) is 20.8 Å². The maximum Gasteiger partial charge on any atom is 0.0595 e. The van der Waals surface area contributed by atoms with Crippen molar-refractivity contribution in [2.45, 2.75) is 66.5 Å². The average molecular weight is 259 g/mol. The maximum atomic E-state index is 5.77. The number of hydrogen-bond acceptors (Lipinski definition) is 3. The second-order valence-corrected chi connectivity index (χ2v) is 7.02. The van der Waals surface area contributed by atoms with Gasteiger partial charge in [-0.25, -0.2) is 0 Å². The van der Waals surface area contributed by atoms with Crippen LogP contribution in [0.3, 0.4) is 0 Å². The molecule has 0 saturated carbocycles. The molecule has 0 unspecified atom stereocenters. The first kappa shape index (κ1) is 17.9. The van der Waals surface area contributed by atoms with Gasteiger partial charge in [0.05, 0.1) is 12.7 Å². The predicted molar refractivity (Wildman–Crippen MR) is 78.1 cm³/mol. The number of nitrogens with one attached hydrogen (secondary N) is 1. The summed E-state index contributed by atoms with van der Waals surface area (Å²) in [5.74, 6) is 0. The van der Waals surface area contributed by atoms with Crippen LogP contribution < -0.4 is 5.32 Å². The fourth-order valence-electron chi connectivity index (χ4n) is 1.27. The van der Waals surface area contributed by atoms with Crippen molar-refractivity contribution in [3.8, 4) is 0 Å². The van der Waals surface area contributed by atoms with Crippen LogP contribution in [0.1, 0.15) is 54.9 Å². The highest BCUT2D eigenvalue weighted by molar-refractivity contribution is 4.70. The molecule has 0 aromatic rings. The zero-order valence-electron chi connectivity index (χ0n) is 13.4. The Morgan fingerprint density at radius 3 is 2.06 bits per heavy atom. The van der Waals surface area contributed by atoms with Crippen molar-refractivity contribution in [1.82, 2.24) is 5.32 Å². The molecule has 18 heavy (non-hydrogen) atoms. The van der Waals surface area contributed by atoms with Crippen LogP contribution in [0.15, 0.2) is 0 Å². The van der Waals surface area contributed by atoms with Crippen LogP contribution in [-0.2, 0) is 9.47 Å². The van der Waals surface area contributed by atoms with E-state index in [-0.39, 0.29) is 11.0 Å². The molecule has 110 valence electrons. The molecule has 0 rings (SSSR count). The van der Waals surface area contributed by atoms with E-state index in [1.807, 2.05) is 0 Å². The molecule has 3 nitrogen and oxygen atoms in total. The normalized spacial score (nSPS) is 14.8. The summed E-state index contributed by atoms with van der Waals surface area (Å²) in [7, 11) is 0. The smallest absolute Gasteiger partial charge is 0.0595 e.